The van der Waals surface area contributed by atoms with Crippen LogP contribution in [0.5, 0.6) is 0 Å². The summed E-state index contributed by atoms with van der Waals surface area (Å²) in [6.45, 7) is 3.71. The van der Waals surface area contributed by atoms with Crippen LogP contribution in [0.4, 0.5) is 5.69 Å². The molecule has 0 spiro atoms. The highest BCUT2D eigenvalue weighted by atomic mass is 32.2. The van der Waals surface area contributed by atoms with Crippen LogP contribution in [-0.2, 0) is 10.0 Å². The first kappa shape index (κ1) is 16.9. The number of nitrogens with one attached hydrogen (secondary N) is 1. The van der Waals surface area contributed by atoms with E-state index in [4.69, 9.17) is 0 Å². The molecule has 1 aliphatic heterocycles. The summed E-state index contributed by atoms with van der Waals surface area (Å²) in [7, 11) is -3.75. The first-order chi connectivity index (χ1) is 11.3. The van der Waals surface area contributed by atoms with E-state index >= 15 is 0 Å². The molecule has 1 saturated carbocycles. The molecule has 1 saturated heterocycles. The van der Waals surface area contributed by atoms with Crippen LogP contribution in [0.3, 0.4) is 0 Å². The van der Waals surface area contributed by atoms with Gasteiger partial charge in [0.15, 0.2) is 0 Å². The van der Waals surface area contributed by atoms with E-state index in [9.17, 15) is 18.5 Å². The average molecular weight is 351 g/mol. The molecule has 0 atom stereocenters. The Morgan fingerprint density at radius 2 is 1.96 bits per heavy atom. The second kappa shape index (κ2) is 6.18. The molecule has 0 aromatic heterocycles. The maximum absolute atomic E-state index is 12.4. The number of hydrogen-bond acceptors (Lipinski definition) is 5. The van der Waals surface area contributed by atoms with Crippen molar-refractivity contribution in [3.05, 3.63) is 40.1 Å². The predicted molar refractivity (Wildman–Crippen MR) is 90.9 cm³/mol. The van der Waals surface area contributed by atoms with Crippen molar-refractivity contribution in [2.45, 2.75) is 43.0 Å². The Morgan fingerprint density at radius 1 is 1.29 bits per heavy atom. The minimum Gasteiger partial charge on any atom is -0.377 e. The van der Waals surface area contributed by atoms with E-state index in [1.54, 1.807) is 6.08 Å². The summed E-state index contributed by atoms with van der Waals surface area (Å²) in [5.74, 6) is 0. The van der Waals surface area contributed by atoms with Crippen LogP contribution in [0.25, 0.3) is 6.08 Å². The van der Waals surface area contributed by atoms with Crippen LogP contribution >= 0.6 is 0 Å². The standard InChI is InChI=1S/C16H21N3O4S/c1-16(7-8-16)17-24(22,23)14-5-4-13(15(12-14)19(20)21)6-11-18-9-2-3-10-18/h4-6,11-12,17H,2-3,7-10H2,1H3. The zero-order valence-electron chi connectivity index (χ0n) is 13.6. The van der Waals surface area contributed by atoms with Gasteiger partial charge in [-0.05, 0) is 57.0 Å². The molecule has 2 fully saturated rings. The molecule has 24 heavy (non-hydrogen) atoms. The Morgan fingerprint density at radius 3 is 2.54 bits per heavy atom. The van der Waals surface area contributed by atoms with Crippen LogP contribution < -0.4 is 4.72 Å². The van der Waals surface area contributed by atoms with Gasteiger partial charge in [-0.3, -0.25) is 10.1 Å². The first-order valence-electron chi connectivity index (χ1n) is 8.04. The maximum atomic E-state index is 12.4. The second-order valence-electron chi connectivity index (χ2n) is 6.70. The predicted octanol–water partition coefficient (Wildman–Crippen LogP) is 2.49. The van der Waals surface area contributed by atoms with Crippen LogP contribution in [0, 0.1) is 10.1 Å². The Bertz CT molecular complexity index is 779. The zero-order valence-corrected chi connectivity index (χ0v) is 14.4. The van der Waals surface area contributed by atoms with E-state index in [-0.39, 0.29) is 10.6 Å². The van der Waals surface area contributed by atoms with Crippen LogP contribution in [0.2, 0.25) is 0 Å². The fourth-order valence-electron chi connectivity index (χ4n) is 2.74. The van der Waals surface area contributed by atoms with Crippen molar-refractivity contribution in [2.24, 2.45) is 0 Å². The smallest absolute Gasteiger partial charge is 0.277 e. The highest BCUT2D eigenvalue weighted by Gasteiger charge is 2.41. The molecule has 1 aliphatic carbocycles. The number of nitro groups is 1. The minimum atomic E-state index is -3.75. The lowest BCUT2D eigenvalue weighted by atomic mass is 10.2. The van der Waals surface area contributed by atoms with E-state index in [2.05, 4.69) is 9.62 Å². The lowest BCUT2D eigenvalue weighted by Gasteiger charge is -2.13. The van der Waals surface area contributed by atoms with Crippen molar-refractivity contribution in [2.75, 3.05) is 13.1 Å². The van der Waals surface area contributed by atoms with Gasteiger partial charge in [0.2, 0.25) is 10.0 Å². The van der Waals surface area contributed by atoms with E-state index in [0.717, 1.165) is 44.8 Å². The van der Waals surface area contributed by atoms with Gasteiger partial charge < -0.3 is 4.90 Å². The summed E-state index contributed by atoms with van der Waals surface area (Å²) >= 11 is 0. The van der Waals surface area contributed by atoms with E-state index in [1.165, 1.54) is 12.1 Å². The van der Waals surface area contributed by atoms with Gasteiger partial charge >= 0.3 is 0 Å². The molecule has 0 unspecified atom stereocenters. The summed E-state index contributed by atoms with van der Waals surface area (Å²) in [4.78, 5) is 12.8. The summed E-state index contributed by atoms with van der Waals surface area (Å²) in [6, 6.07) is 4.05. The molecule has 8 heteroatoms. The van der Waals surface area contributed by atoms with Crippen LogP contribution in [0.1, 0.15) is 38.2 Å². The molecular formula is C16H21N3O4S. The molecule has 130 valence electrons. The molecule has 0 radical (unpaired) electrons. The van der Waals surface area contributed by atoms with Crippen LogP contribution in [0.15, 0.2) is 29.3 Å². The van der Waals surface area contributed by atoms with Gasteiger partial charge in [0.05, 0.1) is 15.4 Å². The fraction of sp³-hybridized carbons (Fsp3) is 0.500. The summed E-state index contributed by atoms with van der Waals surface area (Å²) in [5.41, 5.74) is -0.208. The minimum absolute atomic E-state index is 0.0688. The number of benzene rings is 1. The van der Waals surface area contributed by atoms with E-state index < -0.39 is 20.5 Å². The zero-order chi connectivity index (χ0) is 17.4. The Balaban J connectivity index is 1.88. The topological polar surface area (TPSA) is 92.6 Å². The largest absolute Gasteiger partial charge is 0.377 e. The van der Waals surface area contributed by atoms with Gasteiger partial charge in [-0.1, -0.05) is 0 Å². The lowest BCUT2D eigenvalue weighted by molar-refractivity contribution is -0.385. The van der Waals surface area contributed by atoms with Crippen LogP contribution in [-0.4, -0.2) is 36.9 Å². The number of rotatable bonds is 6. The normalized spacial score (nSPS) is 19.8. The van der Waals surface area contributed by atoms with Crippen molar-refractivity contribution in [3.63, 3.8) is 0 Å². The molecule has 1 aromatic carbocycles. The molecule has 1 heterocycles. The van der Waals surface area contributed by atoms with Crippen molar-refractivity contribution in [3.8, 4) is 0 Å². The van der Waals surface area contributed by atoms with E-state index in [1.807, 2.05) is 13.1 Å². The van der Waals surface area contributed by atoms with Gasteiger partial charge in [0, 0.05) is 24.7 Å². The number of nitro benzene ring substituents is 1. The van der Waals surface area contributed by atoms with Crippen molar-refractivity contribution < 1.29 is 13.3 Å². The average Bonchev–Trinajstić information content (AvgIpc) is 3.01. The molecule has 0 bridgehead atoms. The maximum Gasteiger partial charge on any atom is 0.277 e. The number of hydrogen-bond donors (Lipinski definition) is 1. The van der Waals surface area contributed by atoms with Crippen molar-refractivity contribution in [1.82, 2.24) is 9.62 Å². The summed E-state index contributed by atoms with van der Waals surface area (Å²) < 4.78 is 27.4. The van der Waals surface area contributed by atoms with Gasteiger partial charge in [-0.2, -0.15) is 0 Å². The highest BCUT2D eigenvalue weighted by Crippen LogP contribution is 2.36. The molecule has 7 nitrogen and oxygen atoms in total. The third kappa shape index (κ3) is 3.76. The Kier molecular flexibility index (Phi) is 4.35. The van der Waals surface area contributed by atoms with Gasteiger partial charge in [-0.25, -0.2) is 13.1 Å². The van der Waals surface area contributed by atoms with Crippen molar-refractivity contribution >= 4 is 21.8 Å². The third-order valence-electron chi connectivity index (χ3n) is 4.50. The summed E-state index contributed by atoms with van der Waals surface area (Å²) in [6.07, 6.45) is 7.32. The highest BCUT2D eigenvalue weighted by molar-refractivity contribution is 7.89. The molecule has 2 aliphatic rings. The quantitative estimate of drug-likeness (QED) is 0.628. The second-order valence-corrected chi connectivity index (χ2v) is 8.39. The number of likely N-dealkylation sites (tertiary alicyclic amines) is 1. The van der Waals surface area contributed by atoms with Crippen molar-refractivity contribution in [1.29, 1.82) is 0 Å². The number of nitrogens with zero attached hydrogens (tertiary/aromatic N) is 2. The third-order valence-corrected chi connectivity index (χ3v) is 6.13. The monoisotopic (exact) mass is 351 g/mol. The number of sulfonamides is 1. The SMILES string of the molecule is CC1(NS(=O)(=O)c2ccc(C=CN3CCCC3)c([N+](=O)[O-])c2)CC1. The Labute approximate surface area is 141 Å². The molecule has 0 amide bonds. The Hall–Kier alpha value is -1.93. The molecule has 1 N–H and O–H groups in total. The van der Waals surface area contributed by atoms with E-state index in [0.29, 0.717) is 5.56 Å². The molecular weight excluding hydrogens is 330 g/mol. The van der Waals surface area contributed by atoms with Gasteiger partial charge in [0.25, 0.3) is 5.69 Å². The lowest BCUT2D eigenvalue weighted by Crippen LogP contribution is -2.34. The molecule has 3 rings (SSSR count). The van der Waals surface area contributed by atoms with Gasteiger partial charge in [0.1, 0.15) is 0 Å². The summed E-state index contributed by atoms with van der Waals surface area (Å²) in [5, 5.41) is 11.3. The first-order valence-corrected chi connectivity index (χ1v) is 9.52. The fourth-order valence-corrected chi connectivity index (χ4v) is 4.22. The van der Waals surface area contributed by atoms with Gasteiger partial charge in [-0.15, -0.1) is 0 Å². The molecule has 1 aromatic rings.